The molecule has 0 aliphatic carbocycles. The predicted molar refractivity (Wildman–Crippen MR) is 93.8 cm³/mol. The molecule has 5 nitrogen and oxygen atoms in total. The van der Waals surface area contributed by atoms with E-state index in [1.165, 1.54) is 4.88 Å². The van der Waals surface area contributed by atoms with Crippen LogP contribution < -0.4 is 5.32 Å². The molecule has 0 spiro atoms. The van der Waals surface area contributed by atoms with Gasteiger partial charge in [0, 0.05) is 30.6 Å². The van der Waals surface area contributed by atoms with Gasteiger partial charge in [-0.3, -0.25) is 0 Å². The largest absolute Gasteiger partial charge is 0.444 e. The third kappa shape index (κ3) is 5.46. The van der Waals surface area contributed by atoms with Crippen molar-refractivity contribution >= 4 is 17.4 Å². The van der Waals surface area contributed by atoms with E-state index in [4.69, 9.17) is 4.74 Å². The number of ether oxygens (including phenoxy) is 1. The lowest BCUT2D eigenvalue weighted by Gasteiger charge is -2.34. The predicted octanol–water partition coefficient (Wildman–Crippen LogP) is 3.75. The molecule has 23 heavy (non-hydrogen) atoms. The highest BCUT2D eigenvalue weighted by Crippen LogP contribution is 2.23. The van der Waals surface area contributed by atoms with Gasteiger partial charge in [-0.2, -0.15) is 0 Å². The molecular formula is C17H29N3O2S. The standard InChI is InChI=1S/C17H29N3O2S/c1-12(15-13(2)19-11-23-15)18-9-14-7-6-8-20(10-14)16(21)22-17(3,4)5/h11-12,14,18H,6-10H2,1-5H3. The van der Waals surface area contributed by atoms with Crippen LogP contribution in [0, 0.1) is 12.8 Å². The smallest absolute Gasteiger partial charge is 0.410 e. The fourth-order valence-corrected chi connectivity index (χ4v) is 3.72. The van der Waals surface area contributed by atoms with Gasteiger partial charge in [-0.15, -0.1) is 11.3 Å². The van der Waals surface area contributed by atoms with E-state index in [-0.39, 0.29) is 6.09 Å². The molecule has 1 saturated heterocycles. The van der Waals surface area contributed by atoms with Crippen LogP contribution in [0.3, 0.4) is 0 Å². The van der Waals surface area contributed by atoms with Crippen molar-refractivity contribution in [2.75, 3.05) is 19.6 Å². The number of hydrogen-bond donors (Lipinski definition) is 1. The molecule has 1 aromatic rings. The number of carbonyl (C=O) groups excluding carboxylic acids is 1. The Morgan fingerprint density at radius 3 is 2.91 bits per heavy atom. The molecular weight excluding hydrogens is 310 g/mol. The van der Waals surface area contributed by atoms with Crippen molar-refractivity contribution in [3.8, 4) is 0 Å². The second-order valence-corrected chi connectivity index (χ2v) is 8.25. The second-order valence-electron chi connectivity index (χ2n) is 7.37. The molecule has 1 aliphatic heterocycles. The van der Waals surface area contributed by atoms with Crippen LogP contribution >= 0.6 is 11.3 Å². The summed E-state index contributed by atoms with van der Waals surface area (Å²) in [6, 6.07) is 0.305. The molecule has 2 atom stereocenters. The minimum Gasteiger partial charge on any atom is -0.444 e. The molecule has 1 N–H and O–H groups in total. The van der Waals surface area contributed by atoms with Gasteiger partial charge in [0.2, 0.25) is 0 Å². The zero-order chi connectivity index (χ0) is 17.0. The molecule has 130 valence electrons. The summed E-state index contributed by atoms with van der Waals surface area (Å²) in [6.45, 7) is 12.4. The Bertz CT molecular complexity index is 524. The van der Waals surface area contributed by atoms with E-state index in [1.807, 2.05) is 31.2 Å². The van der Waals surface area contributed by atoms with Crippen LogP contribution in [0.2, 0.25) is 0 Å². The van der Waals surface area contributed by atoms with Gasteiger partial charge in [0.1, 0.15) is 5.60 Å². The van der Waals surface area contributed by atoms with Crippen LogP contribution in [-0.2, 0) is 4.74 Å². The lowest BCUT2D eigenvalue weighted by atomic mass is 9.98. The number of piperidine rings is 1. The van der Waals surface area contributed by atoms with Gasteiger partial charge in [-0.05, 0) is 53.4 Å². The quantitative estimate of drug-likeness (QED) is 0.908. The van der Waals surface area contributed by atoms with E-state index in [0.29, 0.717) is 12.0 Å². The highest BCUT2D eigenvalue weighted by Gasteiger charge is 2.27. The number of thiazole rings is 1. The molecule has 0 radical (unpaired) electrons. The van der Waals surface area contributed by atoms with Crippen molar-refractivity contribution in [1.82, 2.24) is 15.2 Å². The van der Waals surface area contributed by atoms with Crippen molar-refractivity contribution in [3.05, 3.63) is 16.1 Å². The van der Waals surface area contributed by atoms with E-state index in [0.717, 1.165) is 38.2 Å². The van der Waals surface area contributed by atoms with Crippen LogP contribution in [0.25, 0.3) is 0 Å². The van der Waals surface area contributed by atoms with Crippen LogP contribution in [0.15, 0.2) is 5.51 Å². The van der Waals surface area contributed by atoms with E-state index in [2.05, 4.69) is 24.1 Å². The maximum atomic E-state index is 12.2. The minimum absolute atomic E-state index is 0.187. The Morgan fingerprint density at radius 1 is 1.57 bits per heavy atom. The molecule has 2 heterocycles. The summed E-state index contributed by atoms with van der Waals surface area (Å²) >= 11 is 1.70. The molecule has 1 aromatic heterocycles. The van der Waals surface area contributed by atoms with Crippen LogP contribution in [0.5, 0.6) is 0 Å². The van der Waals surface area contributed by atoms with Crippen molar-refractivity contribution in [2.45, 2.75) is 59.1 Å². The molecule has 0 saturated carbocycles. The normalized spacial score (nSPS) is 20.4. The third-order valence-electron chi connectivity index (χ3n) is 4.06. The van der Waals surface area contributed by atoms with Gasteiger partial charge >= 0.3 is 6.09 Å². The van der Waals surface area contributed by atoms with Gasteiger partial charge in [-0.25, -0.2) is 9.78 Å². The summed E-state index contributed by atoms with van der Waals surface area (Å²) in [4.78, 5) is 19.7. The highest BCUT2D eigenvalue weighted by molar-refractivity contribution is 7.09. The van der Waals surface area contributed by atoms with Gasteiger partial charge in [-0.1, -0.05) is 0 Å². The van der Waals surface area contributed by atoms with Gasteiger partial charge in [0.15, 0.2) is 0 Å². The van der Waals surface area contributed by atoms with E-state index in [9.17, 15) is 4.79 Å². The Balaban J connectivity index is 1.82. The minimum atomic E-state index is -0.430. The van der Waals surface area contributed by atoms with E-state index >= 15 is 0 Å². The van der Waals surface area contributed by atoms with E-state index < -0.39 is 5.60 Å². The number of aromatic nitrogens is 1. The zero-order valence-electron chi connectivity index (χ0n) is 14.9. The van der Waals surface area contributed by atoms with Gasteiger partial charge < -0.3 is 15.0 Å². The van der Waals surface area contributed by atoms with Gasteiger partial charge in [0.05, 0.1) is 11.2 Å². The summed E-state index contributed by atoms with van der Waals surface area (Å²) in [5.74, 6) is 0.479. The number of likely N-dealkylation sites (tertiary alicyclic amines) is 1. The number of carbonyl (C=O) groups is 1. The van der Waals surface area contributed by atoms with Crippen LogP contribution in [0.1, 0.15) is 57.1 Å². The van der Waals surface area contributed by atoms with E-state index in [1.54, 1.807) is 11.3 Å². The second kappa shape index (κ2) is 7.62. The number of nitrogens with one attached hydrogen (secondary N) is 1. The van der Waals surface area contributed by atoms with Crippen molar-refractivity contribution < 1.29 is 9.53 Å². The number of nitrogens with zero attached hydrogens (tertiary/aromatic N) is 2. The maximum Gasteiger partial charge on any atom is 0.410 e. The van der Waals surface area contributed by atoms with Crippen LogP contribution in [0.4, 0.5) is 4.79 Å². The van der Waals surface area contributed by atoms with Gasteiger partial charge in [0.25, 0.3) is 0 Å². The number of aryl methyl sites for hydroxylation is 1. The molecule has 6 heteroatoms. The fourth-order valence-electron chi connectivity index (χ4n) is 2.89. The molecule has 2 unspecified atom stereocenters. The maximum absolute atomic E-state index is 12.2. The Kier molecular flexibility index (Phi) is 6.03. The lowest BCUT2D eigenvalue weighted by Crippen LogP contribution is -2.45. The molecule has 1 amide bonds. The number of rotatable bonds is 4. The average molecular weight is 340 g/mol. The Labute approximate surface area is 143 Å². The molecule has 2 rings (SSSR count). The number of hydrogen-bond acceptors (Lipinski definition) is 5. The van der Waals surface area contributed by atoms with Crippen LogP contribution in [-0.4, -0.2) is 41.2 Å². The first-order valence-corrected chi connectivity index (χ1v) is 9.25. The third-order valence-corrected chi connectivity index (χ3v) is 5.17. The summed E-state index contributed by atoms with van der Waals surface area (Å²) in [7, 11) is 0. The monoisotopic (exact) mass is 339 g/mol. The zero-order valence-corrected chi connectivity index (χ0v) is 15.7. The van der Waals surface area contributed by atoms with Crippen molar-refractivity contribution in [1.29, 1.82) is 0 Å². The Hall–Kier alpha value is -1.14. The number of amides is 1. The SMILES string of the molecule is Cc1ncsc1C(C)NCC1CCCN(C(=O)OC(C)(C)C)C1. The average Bonchev–Trinajstić information content (AvgIpc) is 2.89. The lowest BCUT2D eigenvalue weighted by molar-refractivity contribution is 0.0165. The summed E-state index contributed by atoms with van der Waals surface area (Å²) in [6.07, 6.45) is 2.01. The van der Waals surface area contributed by atoms with Crippen molar-refractivity contribution in [2.24, 2.45) is 5.92 Å². The molecule has 0 bridgehead atoms. The summed E-state index contributed by atoms with van der Waals surface area (Å²) in [5, 5.41) is 3.59. The first-order chi connectivity index (χ1) is 10.8. The summed E-state index contributed by atoms with van der Waals surface area (Å²) < 4.78 is 5.49. The molecule has 1 aliphatic rings. The fraction of sp³-hybridized carbons (Fsp3) is 0.765. The Morgan fingerprint density at radius 2 is 2.30 bits per heavy atom. The topological polar surface area (TPSA) is 54.5 Å². The molecule has 0 aromatic carbocycles. The van der Waals surface area contributed by atoms with Crippen molar-refractivity contribution in [3.63, 3.8) is 0 Å². The first kappa shape index (κ1) is 18.2. The highest BCUT2D eigenvalue weighted by atomic mass is 32.1. The first-order valence-electron chi connectivity index (χ1n) is 8.37. The summed E-state index contributed by atoms with van der Waals surface area (Å²) in [5.41, 5.74) is 2.57. The molecule has 1 fully saturated rings.